The van der Waals surface area contributed by atoms with E-state index in [2.05, 4.69) is 4.74 Å². The Morgan fingerprint density at radius 3 is 2.56 bits per heavy atom. The second kappa shape index (κ2) is 8.82. The zero-order valence-electron chi connectivity index (χ0n) is 5.55. The van der Waals surface area contributed by atoms with Gasteiger partial charge in [0.15, 0.2) is 0 Å². The van der Waals surface area contributed by atoms with Crippen molar-refractivity contribution in [3.63, 3.8) is 0 Å². The summed E-state index contributed by atoms with van der Waals surface area (Å²) < 4.78 is 4.66. The zero-order chi connectivity index (χ0) is 6.41. The van der Waals surface area contributed by atoms with Crippen LogP contribution in [0.2, 0.25) is 5.02 Å². The third-order valence-electron chi connectivity index (χ3n) is 0.686. The molecule has 0 aromatic carbocycles. The zero-order valence-corrected chi connectivity index (χ0v) is 10.9. The predicted octanol–water partition coefficient (Wildman–Crippen LogP) is 1.52. The Bertz CT molecular complexity index is 69.4. The average Bonchev–Trinajstić information content (AvgIpc) is 1.68. The fraction of sp³-hybridized carbons (Fsp3) is 0.800. The van der Waals surface area contributed by atoms with Gasteiger partial charge in [0.05, 0.1) is 0 Å². The van der Waals surface area contributed by atoms with Crippen LogP contribution < -0.4 is 0 Å². The Morgan fingerprint density at radius 1 is 1.67 bits per heavy atom. The summed E-state index contributed by atoms with van der Waals surface area (Å²) in [6, 6.07) is 0. The summed E-state index contributed by atoms with van der Waals surface area (Å²) in [4.78, 5) is 10.4. The van der Waals surface area contributed by atoms with Gasteiger partial charge in [-0.15, -0.1) is 24.0 Å². The van der Waals surface area contributed by atoms with Crippen LogP contribution >= 0.6 is 24.0 Å². The van der Waals surface area contributed by atoms with E-state index in [0.717, 1.165) is 5.02 Å². The first-order chi connectivity index (χ1) is 3.81. The molecule has 0 aliphatic carbocycles. The minimum atomic E-state index is -0.0567. The molecule has 0 amide bonds. The van der Waals surface area contributed by atoms with Gasteiger partial charge in [0.1, 0.15) is 0 Å². The fourth-order valence-electron chi connectivity index (χ4n) is 0.377. The number of halogens is 1. The van der Waals surface area contributed by atoms with E-state index in [1.165, 1.54) is 18.3 Å². The van der Waals surface area contributed by atoms with Gasteiger partial charge in [-0.2, -0.15) is 0 Å². The molecule has 0 saturated carbocycles. The van der Waals surface area contributed by atoms with Crippen molar-refractivity contribution in [1.82, 2.24) is 0 Å². The number of hydrogen-bond acceptors (Lipinski definition) is 2. The third-order valence-corrected chi connectivity index (χ3v) is 1.43. The number of esters is 1. The van der Waals surface area contributed by atoms with Crippen LogP contribution in [0.1, 0.15) is 13.3 Å². The molecule has 4 heteroatoms. The molecular weight excluding hydrogens is 284 g/mol. The molecule has 0 aromatic rings. The molecule has 0 unspecified atom stereocenters. The minimum Gasteiger partial charge on any atom is -0.107 e. The fourth-order valence-corrected chi connectivity index (χ4v) is 0.983. The van der Waals surface area contributed by atoms with Crippen LogP contribution in [0.5, 0.6) is 0 Å². The average molecular weight is 294 g/mol. The first kappa shape index (κ1) is 12.5. The molecule has 0 heterocycles. The van der Waals surface area contributed by atoms with Gasteiger partial charge in [-0.3, -0.25) is 0 Å². The Labute approximate surface area is 82.4 Å². The van der Waals surface area contributed by atoms with Crippen molar-refractivity contribution in [2.75, 3.05) is 6.61 Å². The molecule has 2 nitrogen and oxygen atoms in total. The van der Waals surface area contributed by atoms with Gasteiger partial charge in [-0.05, 0) is 0 Å². The van der Waals surface area contributed by atoms with Crippen molar-refractivity contribution in [3.8, 4) is 0 Å². The van der Waals surface area contributed by atoms with Gasteiger partial charge in [-0.25, -0.2) is 0 Å². The van der Waals surface area contributed by atoms with Crippen molar-refractivity contribution in [2.45, 2.75) is 18.4 Å². The first-order valence-electron chi connectivity index (χ1n) is 2.76. The van der Waals surface area contributed by atoms with Gasteiger partial charge in [0.25, 0.3) is 0 Å². The maximum Gasteiger partial charge on any atom is -0.107 e. The van der Waals surface area contributed by atoms with E-state index >= 15 is 0 Å². The Morgan fingerprint density at radius 2 is 2.22 bits per heavy atom. The molecule has 0 N–H and O–H groups in total. The summed E-state index contributed by atoms with van der Waals surface area (Å²) in [5.41, 5.74) is 0. The number of rotatable bonds is 3. The molecule has 0 saturated heterocycles. The van der Waals surface area contributed by atoms with Crippen LogP contribution in [-0.2, 0) is 27.8 Å². The van der Waals surface area contributed by atoms with Gasteiger partial charge in [0, 0.05) is 0 Å². The largest absolute Gasteiger partial charge is 0.107 e. The van der Waals surface area contributed by atoms with Crippen molar-refractivity contribution in [2.24, 2.45) is 0 Å². The third kappa shape index (κ3) is 8.82. The Hall–Kier alpha value is 0.823. The summed E-state index contributed by atoms with van der Waals surface area (Å²) in [6.07, 6.45) is 0.605. The quantitative estimate of drug-likeness (QED) is 0.448. The molecule has 0 aliphatic heterocycles. The summed E-state index contributed by atoms with van der Waals surface area (Å²) >= 11 is 1.18. The molecule has 0 spiro atoms. The Kier molecular flexibility index (Phi) is 12.2. The van der Waals surface area contributed by atoms with Crippen LogP contribution in [0.25, 0.3) is 0 Å². The second-order valence-corrected chi connectivity index (χ2v) is 2.89. The normalized spacial score (nSPS) is 7.89. The summed E-state index contributed by atoms with van der Waals surface area (Å²) in [6.45, 7) is 2.34. The molecular formula is C5H10IO2Zn. The predicted molar refractivity (Wildman–Crippen MR) is 41.5 cm³/mol. The van der Waals surface area contributed by atoms with Crippen LogP contribution in [-0.4, -0.2) is 12.6 Å². The standard InChI is InChI=1S/C5H9O2.HI.Zn/c1-3-5(6)7-4-2;;/h1,3-4H2,2H3;1H;. The summed E-state index contributed by atoms with van der Waals surface area (Å²) in [5, 5.41) is 0.999. The maximum absolute atomic E-state index is 10.4. The van der Waals surface area contributed by atoms with E-state index in [0.29, 0.717) is 13.0 Å². The summed E-state index contributed by atoms with van der Waals surface area (Å²) in [5.74, 6) is -0.0567. The van der Waals surface area contributed by atoms with Crippen LogP contribution in [0, 0.1) is 0 Å². The molecule has 0 rings (SSSR count). The topological polar surface area (TPSA) is 26.3 Å². The number of hydrogen-bond donors (Lipinski definition) is 0. The van der Waals surface area contributed by atoms with E-state index in [1.807, 2.05) is 6.92 Å². The van der Waals surface area contributed by atoms with Gasteiger partial charge in [-0.1, -0.05) is 0 Å². The van der Waals surface area contributed by atoms with Gasteiger partial charge >= 0.3 is 58.8 Å². The molecule has 51 valence electrons. The molecule has 0 fully saturated rings. The van der Waals surface area contributed by atoms with Crippen molar-refractivity contribution in [3.05, 3.63) is 0 Å². The van der Waals surface area contributed by atoms with E-state index in [4.69, 9.17) is 0 Å². The SMILES string of the molecule is CCOC(=O)C[CH2][Zn].I. The van der Waals surface area contributed by atoms with Crippen LogP contribution in [0.3, 0.4) is 0 Å². The molecule has 9 heavy (non-hydrogen) atoms. The van der Waals surface area contributed by atoms with Crippen LogP contribution in [0.4, 0.5) is 0 Å². The molecule has 0 radical (unpaired) electrons. The van der Waals surface area contributed by atoms with E-state index in [1.54, 1.807) is 0 Å². The molecule has 0 bridgehead atoms. The van der Waals surface area contributed by atoms with E-state index < -0.39 is 0 Å². The van der Waals surface area contributed by atoms with Gasteiger partial charge in [0.2, 0.25) is 0 Å². The first-order valence-corrected chi connectivity index (χ1v) is 4.86. The monoisotopic (exact) mass is 293 g/mol. The van der Waals surface area contributed by atoms with E-state index in [-0.39, 0.29) is 29.9 Å². The van der Waals surface area contributed by atoms with Crippen molar-refractivity contribution in [1.29, 1.82) is 0 Å². The molecule has 0 aliphatic rings. The maximum atomic E-state index is 10.4. The van der Waals surface area contributed by atoms with Crippen LogP contribution in [0.15, 0.2) is 0 Å². The number of carbonyl (C=O) groups is 1. The minimum absolute atomic E-state index is 0. The number of ether oxygens (including phenoxy) is 1. The summed E-state index contributed by atoms with van der Waals surface area (Å²) in [7, 11) is 0. The Balaban J connectivity index is 0. The smallest absolute Gasteiger partial charge is 0.107 e. The van der Waals surface area contributed by atoms with Crippen molar-refractivity contribution >= 4 is 29.9 Å². The van der Waals surface area contributed by atoms with Gasteiger partial charge < -0.3 is 0 Å². The molecule has 0 aromatic heterocycles. The number of carbonyl (C=O) groups excluding carboxylic acids is 1. The van der Waals surface area contributed by atoms with Crippen molar-refractivity contribution < 1.29 is 27.8 Å². The van der Waals surface area contributed by atoms with E-state index in [9.17, 15) is 4.79 Å². The second-order valence-electron chi connectivity index (χ2n) is 1.41. The molecule has 0 atom stereocenters.